The highest BCUT2D eigenvalue weighted by Gasteiger charge is 2.03. The number of aromatic nitrogens is 1. The maximum Gasteiger partial charge on any atom is 0.306 e. The number of hydrogen-bond donors (Lipinski definition) is 0. The number of carbonyl (C=O) groups is 1. The van der Waals surface area contributed by atoms with Gasteiger partial charge in [-0.05, 0) is 18.4 Å². The van der Waals surface area contributed by atoms with E-state index in [9.17, 15) is 4.79 Å². The van der Waals surface area contributed by atoms with Crippen LogP contribution in [0.3, 0.4) is 0 Å². The van der Waals surface area contributed by atoms with Gasteiger partial charge < -0.3 is 4.74 Å². The number of carbonyl (C=O) groups excluding carboxylic acids is 1. The lowest BCUT2D eigenvalue weighted by molar-refractivity contribution is -0.145. The zero-order chi connectivity index (χ0) is 22.4. The molecule has 3 nitrogen and oxygen atoms in total. The molecule has 1 atom stereocenters. The third kappa shape index (κ3) is 17.9. The topological polar surface area (TPSA) is 39.2 Å². The minimum Gasteiger partial charge on any atom is -0.461 e. The van der Waals surface area contributed by atoms with E-state index < -0.39 is 0 Å². The highest BCUT2D eigenvalue weighted by atomic mass is 16.5. The molecule has 0 spiro atoms. The molecule has 0 aliphatic carbocycles. The van der Waals surface area contributed by atoms with Crippen molar-refractivity contribution in [2.45, 2.75) is 136 Å². The summed E-state index contributed by atoms with van der Waals surface area (Å²) in [5, 5.41) is 0. The Labute approximate surface area is 192 Å². The Morgan fingerprint density at radius 2 is 1.39 bits per heavy atom. The summed E-state index contributed by atoms with van der Waals surface area (Å²) in [6.45, 7) is 5.04. The highest BCUT2D eigenvalue weighted by Crippen LogP contribution is 2.17. The van der Waals surface area contributed by atoms with Gasteiger partial charge in [0, 0.05) is 24.4 Å². The van der Waals surface area contributed by atoms with Crippen molar-refractivity contribution in [1.82, 2.24) is 4.98 Å². The molecule has 0 saturated heterocycles. The fourth-order valence-corrected chi connectivity index (χ4v) is 4.24. The van der Waals surface area contributed by atoms with E-state index in [2.05, 4.69) is 18.8 Å². The van der Waals surface area contributed by atoms with Gasteiger partial charge in [0.05, 0.1) is 0 Å². The van der Waals surface area contributed by atoms with Gasteiger partial charge in [0.1, 0.15) is 6.61 Å². The molecule has 0 fully saturated rings. The van der Waals surface area contributed by atoms with Crippen molar-refractivity contribution in [3.63, 3.8) is 0 Å². The van der Waals surface area contributed by atoms with Crippen LogP contribution < -0.4 is 0 Å². The van der Waals surface area contributed by atoms with Gasteiger partial charge in [-0.25, -0.2) is 0 Å². The predicted molar refractivity (Wildman–Crippen MR) is 132 cm³/mol. The maximum atomic E-state index is 11.8. The van der Waals surface area contributed by atoms with Crippen molar-refractivity contribution in [2.75, 3.05) is 0 Å². The molecule has 1 aromatic rings. The predicted octanol–water partition coefficient (Wildman–Crippen LogP) is 8.80. The minimum absolute atomic E-state index is 0.0881. The fraction of sp³-hybridized carbons (Fsp3) is 0.786. The maximum absolute atomic E-state index is 11.8. The van der Waals surface area contributed by atoms with Crippen LogP contribution in [0.5, 0.6) is 0 Å². The molecule has 31 heavy (non-hydrogen) atoms. The van der Waals surface area contributed by atoms with E-state index >= 15 is 0 Å². The van der Waals surface area contributed by atoms with Crippen LogP contribution in [0.4, 0.5) is 0 Å². The summed E-state index contributed by atoms with van der Waals surface area (Å²) in [6, 6.07) is 3.79. The molecule has 3 heteroatoms. The highest BCUT2D eigenvalue weighted by molar-refractivity contribution is 5.69. The molecular formula is C28H49NO2. The van der Waals surface area contributed by atoms with Gasteiger partial charge in [-0.3, -0.25) is 9.78 Å². The third-order valence-corrected chi connectivity index (χ3v) is 6.23. The SMILES string of the molecule is CCCC(C)CCCCCCCCCCCCCCCCC(=O)OCc1cccnc1. The Morgan fingerprint density at radius 3 is 1.90 bits per heavy atom. The number of pyridine rings is 1. The first-order valence-corrected chi connectivity index (χ1v) is 13.3. The van der Waals surface area contributed by atoms with Crippen molar-refractivity contribution in [3.8, 4) is 0 Å². The van der Waals surface area contributed by atoms with Crippen molar-refractivity contribution < 1.29 is 9.53 Å². The summed E-state index contributed by atoms with van der Waals surface area (Å²) in [6.07, 6.45) is 27.0. The van der Waals surface area contributed by atoms with Crippen molar-refractivity contribution >= 4 is 5.97 Å². The van der Waals surface area contributed by atoms with E-state index in [0.29, 0.717) is 13.0 Å². The van der Waals surface area contributed by atoms with Crippen LogP contribution in [-0.4, -0.2) is 11.0 Å². The second kappa shape index (κ2) is 20.5. The molecule has 1 heterocycles. The molecule has 0 radical (unpaired) electrons. The monoisotopic (exact) mass is 431 g/mol. The number of unbranched alkanes of at least 4 members (excludes halogenated alkanes) is 13. The summed E-state index contributed by atoms with van der Waals surface area (Å²) >= 11 is 0. The van der Waals surface area contributed by atoms with Gasteiger partial charge in [0.25, 0.3) is 0 Å². The van der Waals surface area contributed by atoms with Crippen molar-refractivity contribution in [3.05, 3.63) is 30.1 Å². The average molecular weight is 432 g/mol. The Hall–Kier alpha value is -1.38. The molecule has 1 rings (SSSR count). The van der Waals surface area contributed by atoms with Crippen LogP contribution in [0.15, 0.2) is 24.5 Å². The zero-order valence-electron chi connectivity index (χ0n) is 20.6. The molecule has 178 valence electrons. The van der Waals surface area contributed by atoms with Crippen LogP contribution in [0.2, 0.25) is 0 Å². The number of ether oxygens (including phenoxy) is 1. The first-order valence-electron chi connectivity index (χ1n) is 13.3. The Balaban J connectivity index is 1.74. The number of esters is 1. The van der Waals surface area contributed by atoms with Crippen LogP contribution in [0.1, 0.15) is 135 Å². The average Bonchev–Trinajstić information content (AvgIpc) is 2.78. The van der Waals surface area contributed by atoms with Gasteiger partial charge >= 0.3 is 5.97 Å². The summed E-state index contributed by atoms with van der Waals surface area (Å²) in [5.74, 6) is 0.847. The lowest BCUT2D eigenvalue weighted by atomic mass is 9.98. The normalized spacial score (nSPS) is 12.1. The molecule has 0 aromatic carbocycles. The van der Waals surface area contributed by atoms with E-state index in [-0.39, 0.29) is 5.97 Å². The number of nitrogens with zero attached hydrogens (tertiary/aromatic N) is 1. The van der Waals surface area contributed by atoms with Gasteiger partial charge in [0.15, 0.2) is 0 Å². The standard InChI is InChI=1S/C28H49NO2/c1-3-19-26(2)20-16-14-12-10-8-6-4-5-7-9-11-13-15-17-22-28(30)31-25-27-21-18-23-29-24-27/h18,21,23-24,26H,3-17,19-20,22,25H2,1-2H3. The lowest BCUT2D eigenvalue weighted by Gasteiger charge is -2.09. The fourth-order valence-electron chi connectivity index (χ4n) is 4.24. The van der Waals surface area contributed by atoms with E-state index in [1.807, 2.05) is 12.1 Å². The van der Waals surface area contributed by atoms with Crippen LogP contribution in [0, 0.1) is 5.92 Å². The summed E-state index contributed by atoms with van der Waals surface area (Å²) in [5.41, 5.74) is 0.948. The first kappa shape index (κ1) is 27.7. The van der Waals surface area contributed by atoms with Crippen molar-refractivity contribution in [1.29, 1.82) is 0 Å². The number of hydrogen-bond acceptors (Lipinski definition) is 3. The molecule has 0 bridgehead atoms. The van der Waals surface area contributed by atoms with Crippen LogP contribution in [-0.2, 0) is 16.1 Å². The molecular weight excluding hydrogens is 382 g/mol. The molecule has 0 amide bonds. The van der Waals surface area contributed by atoms with Crippen LogP contribution >= 0.6 is 0 Å². The summed E-state index contributed by atoms with van der Waals surface area (Å²) in [4.78, 5) is 15.8. The smallest absolute Gasteiger partial charge is 0.306 e. The third-order valence-electron chi connectivity index (χ3n) is 6.23. The Bertz CT molecular complexity index is 517. The summed E-state index contributed by atoms with van der Waals surface area (Å²) in [7, 11) is 0. The van der Waals surface area contributed by atoms with Gasteiger partial charge in [-0.1, -0.05) is 123 Å². The lowest BCUT2D eigenvalue weighted by Crippen LogP contribution is -2.04. The minimum atomic E-state index is -0.0881. The zero-order valence-corrected chi connectivity index (χ0v) is 20.6. The second-order valence-electron chi connectivity index (χ2n) is 9.40. The molecule has 1 unspecified atom stereocenters. The van der Waals surface area contributed by atoms with Crippen LogP contribution in [0.25, 0.3) is 0 Å². The molecule has 0 aliphatic heterocycles. The second-order valence-corrected chi connectivity index (χ2v) is 9.40. The largest absolute Gasteiger partial charge is 0.461 e. The van der Waals surface area contributed by atoms with Gasteiger partial charge in [-0.15, -0.1) is 0 Å². The molecule has 0 N–H and O–H groups in total. The number of rotatable bonds is 21. The summed E-state index contributed by atoms with van der Waals surface area (Å²) < 4.78 is 5.29. The van der Waals surface area contributed by atoms with Crippen molar-refractivity contribution in [2.24, 2.45) is 5.92 Å². The Morgan fingerprint density at radius 1 is 0.839 bits per heavy atom. The van der Waals surface area contributed by atoms with Gasteiger partial charge in [0.2, 0.25) is 0 Å². The quantitative estimate of drug-likeness (QED) is 0.144. The molecule has 1 aromatic heterocycles. The van der Waals surface area contributed by atoms with E-state index in [1.165, 1.54) is 96.3 Å². The molecule has 0 aliphatic rings. The molecule has 0 saturated carbocycles. The van der Waals surface area contributed by atoms with E-state index in [1.54, 1.807) is 12.4 Å². The van der Waals surface area contributed by atoms with E-state index in [4.69, 9.17) is 4.74 Å². The Kier molecular flexibility index (Phi) is 18.3. The van der Waals surface area contributed by atoms with Gasteiger partial charge in [-0.2, -0.15) is 0 Å². The van der Waals surface area contributed by atoms with E-state index in [0.717, 1.165) is 24.3 Å². The first-order chi connectivity index (χ1) is 15.2.